The van der Waals surface area contributed by atoms with Crippen LogP contribution < -0.4 is 5.32 Å². The van der Waals surface area contributed by atoms with E-state index in [1.807, 2.05) is 0 Å². The molecular formula is C16H29NOS. The van der Waals surface area contributed by atoms with Crippen molar-refractivity contribution in [3.05, 3.63) is 0 Å². The van der Waals surface area contributed by atoms with Crippen LogP contribution in [0.4, 0.5) is 0 Å². The van der Waals surface area contributed by atoms with E-state index in [1.54, 1.807) is 0 Å². The SMILES string of the molecule is CC1CCCC1CNC1CCOC2(CCSCC2)C1. The van der Waals surface area contributed by atoms with E-state index in [9.17, 15) is 0 Å². The molecule has 1 aliphatic carbocycles. The summed E-state index contributed by atoms with van der Waals surface area (Å²) in [6.45, 7) is 4.66. The van der Waals surface area contributed by atoms with E-state index in [0.29, 0.717) is 6.04 Å². The van der Waals surface area contributed by atoms with E-state index >= 15 is 0 Å². The fraction of sp³-hybridized carbons (Fsp3) is 1.00. The van der Waals surface area contributed by atoms with Crippen molar-refractivity contribution in [2.75, 3.05) is 24.7 Å². The van der Waals surface area contributed by atoms with Gasteiger partial charge in [0.1, 0.15) is 0 Å². The maximum absolute atomic E-state index is 6.18. The summed E-state index contributed by atoms with van der Waals surface area (Å²) < 4.78 is 6.18. The molecule has 3 atom stereocenters. The first-order chi connectivity index (χ1) is 9.27. The molecule has 19 heavy (non-hydrogen) atoms. The van der Waals surface area contributed by atoms with E-state index in [0.717, 1.165) is 18.4 Å². The maximum Gasteiger partial charge on any atom is 0.0713 e. The molecular weight excluding hydrogens is 254 g/mol. The molecule has 0 aromatic rings. The van der Waals surface area contributed by atoms with Gasteiger partial charge in [0, 0.05) is 12.6 Å². The molecule has 110 valence electrons. The molecule has 3 rings (SSSR count). The highest BCUT2D eigenvalue weighted by atomic mass is 32.2. The van der Waals surface area contributed by atoms with E-state index in [1.165, 1.54) is 63.0 Å². The summed E-state index contributed by atoms with van der Waals surface area (Å²) in [6, 6.07) is 0.713. The van der Waals surface area contributed by atoms with Crippen molar-refractivity contribution < 1.29 is 4.74 Å². The average molecular weight is 283 g/mol. The van der Waals surface area contributed by atoms with E-state index in [2.05, 4.69) is 24.0 Å². The van der Waals surface area contributed by atoms with Crippen LogP contribution in [0.15, 0.2) is 0 Å². The minimum atomic E-state index is 0.239. The molecule has 2 aliphatic heterocycles. The first kappa shape index (κ1) is 14.2. The summed E-state index contributed by atoms with van der Waals surface area (Å²) in [4.78, 5) is 0. The van der Waals surface area contributed by atoms with Crippen molar-refractivity contribution in [2.45, 2.75) is 63.5 Å². The van der Waals surface area contributed by atoms with Crippen LogP contribution in [-0.4, -0.2) is 36.3 Å². The summed E-state index contributed by atoms with van der Waals surface area (Å²) in [5.41, 5.74) is 0.239. The molecule has 3 aliphatic rings. The summed E-state index contributed by atoms with van der Waals surface area (Å²) in [5, 5.41) is 3.88. The first-order valence-electron chi connectivity index (χ1n) is 8.22. The molecule has 2 heterocycles. The smallest absolute Gasteiger partial charge is 0.0713 e. The van der Waals surface area contributed by atoms with Crippen LogP contribution in [0.3, 0.4) is 0 Å². The molecule has 2 saturated heterocycles. The maximum atomic E-state index is 6.18. The number of nitrogens with one attached hydrogen (secondary N) is 1. The lowest BCUT2D eigenvalue weighted by Crippen LogP contribution is -2.49. The molecule has 1 spiro atoms. The van der Waals surface area contributed by atoms with Crippen molar-refractivity contribution in [1.29, 1.82) is 0 Å². The molecule has 2 nitrogen and oxygen atoms in total. The molecule has 0 radical (unpaired) electrons. The number of hydrogen-bond donors (Lipinski definition) is 1. The number of hydrogen-bond acceptors (Lipinski definition) is 3. The minimum Gasteiger partial charge on any atom is -0.375 e. The van der Waals surface area contributed by atoms with Crippen LogP contribution in [0, 0.1) is 11.8 Å². The van der Waals surface area contributed by atoms with Crippen molar-refractivity contribution in [3.8, 4) is 0 Å². The highest BCUT2D eigenvalue weighted by Gasteiger charge is 2.38. The van der Waals surface area contributed by atoms with Gasteiger partial charge in [-0.1, -0.05) is 19.8 Å². The summed E-state index contributed by atoms with van der Waals surface area (Å²) >= 11 is 2.10. The van der Waals surface area contributed by atoms with Crippen molar-refractivity contribution >= 4 is 11.8 Å². The third-order valence-electron chi connectivity index (χ3n) is 5.60. The highest BCUT2D eigenvalue weighted by molar-refractivity contribution is 7.99. The summed E-state index contributed by atoms with van der Waals surface area (Å²) in [7, 11) is 0. The van der Waals surface area contributed by atoms with Crippen LogP contribution in [0.5, 0.6) is 0 Å². The third kappa shape index (κ3) is 3.48. The first-order valence-corrected chi connectivity index (χ1v) is 9.38. The monoisotopic (exact) mass is 283 g/mol. The minimum absolute atomic E-state index is 0.239. The van der Waals surface area contributed by atoms with Gasteiger partial charge in [0.25, 0.3) is 0 Å². The average Bonchev–Trinajstić information content (AvgIpc) is 2.83. The molecule has 3 heteroatoms. The van der Waals surface area contributed by atoms with Gasteiger partial charge in [-0.3, -0.25) is 0 Å². The number of thioether (sulfide) groups is 1. The molecule has 3 unspecified atom stereocenters. The lowest BCUT2D eigenvalue weighted by Gasteiger charge is -2.43. The standard InChI is InChI=1S/C16H29NOS/c1-13-3-2-4-14(13)12-17-15-5-8-18-16(11-15)6-9-19-10-7-16/h13-15,17H,2-12H2,1H3. The lowest BCUT2D eigenvalue weighted by atomic mass is 9.85. The Bertz CT molecular complexity index is 285. The van der Waals surface area contributed by atoms with Gasteiger partial charge in [0.05, 0.1) is 5.60 Å². The molecule has 0 amide bonds. The molecule has 0 aromatic heterocycles. The van der Waals surface area contributed by atoms with Crippen LogP contribution in [0.2, 0.25) is 0 Å². The van der Waals surface area contributed by atoms with Gasteiger partial charge in [-0.05, 0) is 62.0 Å². The van der Waals surface area contributed by atoms with Gasteiger partial charge in [-0.2, -0.15) is 11.8 Å². The number of rotatable bonds is 3. The molecule has 0 bridgehead atoms. The second-order valence-electron chi connectivity index (χ2n) is 6.91. The predicted molar refractivity (Wildman–Crippen MR) is 82.8 cm³/mol. The van der Waals surface area contributed by atoms with Crippen LogP contribution in [0.1, 0.15) is 51.9 Å². The Kier molecular flexibility index (Phi) is 4.76. The van der Waals surface area contributed by atoms with Crippen LogP contribution in [-0.2, 0) is 4.74 Å². The number of ether oxygens (including phenoxy) is 1. The van der Waals surface area contributed by atoms with Gasteiger partial charge in [0.15, 0.2) is 0 Å². The van der Waals surface area contributed by atoms with Crippen LogP contribution >= 0.6 is 11.8 Å². The fourth-order valence-electron chi connectivity index (χ4n) is 4.14. The quantitative estimate of drug-likeness (QED) is 0.857. The van der Waals surface area contributed by atoms with Gasteiger partial charge in [-0.15, -0.1) is 0 Å². The molecule has 0 aromatic carbocycles. The molecule has 3 fully saturated rings. The second kappa shape index (κ2) is 6.36. The Morgan fingerprint density at radius 3 is 2.79 bits per heavy atom. The van der Waals surface area contributed by atoms with Gasteiger partial charge < -0.3 is 10.1 Å². The van der Waals surface area contributed by atoms with Gasteiger partial charge in [0.2, 0.25) is 0 Å². The van der Waals surface area contributed by atoms with Gasteiger partial charge in [-0.25, -0.2) is 0 Å². The summed E-state index contributed by atoms with van der Waals surface area (Å²) in [5.74, 6) is 4.46. The lowest BCUT2D eigenvalue weighted by molar-refractivity contribution is -0.0934. The zero-order valence-corrected chi connectivity index (χ0v) is 13.1. The van der Waals surface area contributed by atoms with Crippen molar-refractivity contribution in [2.24, 2.45) is 11.8 Å². The second-order valence-corrected chi connectivity index (χ2v) is 8.13. The normalized spacial score (nSPS) is 38.7. The van der Waals surface area contributed by atoms with Crippen molar-refractivity contribution in [3.63, 3.8) is 0 Å². The van der Waals surface area contributed by atoms with E-state index in [-0.39, 0.29) is 5.60 Å². The highest BCUT2D eigenvalue weighted by Crippen LogP contribution is 2.38. The van der Waals surface area contributed by atoms with E-state index < -0.39 is 0 Å². The Morgan fingerprint density at radius 2 is 2.05 bits per heavy atom. The van der Waals surface area contributed by atoms with E-state index in [4.69, 9.17) is 4.74 Å². The third-order valence-corrected chi connectivity index (χ3v) is 6.59. The zero-order chi connectivity index (χ0) is 13.1. The predicted octanol–water partition coefficient (Wildman–Crippen LogP) is 3.46. The largest absolute Gasteiger partial charge is 0.375 e. The summed E-state index contributed by atoms with van der Waals surface area (Å²) in [6.07, 6.45) is 9.36. The zero-order valence-electron chi connectivity index (χ0n) is 12.3. The Hall–Kier alpha value is 0.270. The van der Waals surface area contributed by atoms with Crippen LogP contribution in [0.25, 0.3) is 0 Å². The Morgan fingerprint density at radius 1 is 1.21 bits per heavy atom. The molecule has 1 N–H and O–H groups in total. The van der Waals surface area contributed by atoms with Gasteiger partial charge >= 0.3 is 0 Å². The topological polar surface area (TPSA) is 21.3 Å². The van der Waals surface area contributed by atoms with Crippen molar-refractivity contribution in [1.82, 2.24) is 5.32 Å². The fourth-order valence-corrected chi connectivity index (χ4v) is 5.37. The Balaban J connectivity index is 1.48. The Labute approximate surface area is 122 Å². The molecule has 1 saturated carbocycles.